The topological polar surface area (TPSA) is 32.5 Å². The maximum absolute atomic E-state index is 5.97. The van der Waals surface area contributed by atoms with Gasteiger partial charge in [0.15, 0.2) is 0 Å². The minimum absolute atomic E-state index is 0.630. The van der Waals surface area contributed by atoms with Gasteiger partial charge in [-0.15, -0.1) is 0 Å². The van der Waals surface area contributed by atoms with E-state index in [-0.39, 0.29) is 0 Å². The zero-order chi connectivity index (χ0) is 11.5. The summed E-state index contributed by atoms with van der Waals surface area (Å²) in [5.41, 5.74) is 5.97. The van der Waals surface area contributed by atoms with Crippen molar-refractivity contribution in [3.63, 3.8) is 0 Å². The molecule has 0 amide bonds. The van der Waals surface area contributed by atoms with E-state index >= 15 is 0 Å². The van der Waals surface area contributed by atoms with Crippen molar-refractivity contribution >= 4 is 0 Å². The highest BCUT2D eigenvalue weighted by atomic mass is 15.2. The highest BCUT2D eigenvalue weighted by Crippen LogP contribution is 2.32. The van der Waals surface area contributed by atoms with Gasteiger partial charge in [0.1, 0.15) is 0 Å². The van der Waals surface area contributed by atoms with Crippen molar-refractivity contribution in [2.24, 2.45) is 11.7 Å². The largest absolute Gasteiger partial charge is 0.329 e. The lowest BCUT2D eigenvalue weighted by Gasteiger charge is -2.45. The molecule has 16 heavy (non-hydrogen) atoms. The summed E-state index contributed by atoms with van der Waals surface area (Å²) >= 11 is 0. The second-order valence-electron chi connectivity index (χ2n) is 5.72. The SMILES string of the molecule is CN1CCCC(N(C)C(CN)C2CCC2)C1. The van der Waals surface area contributed by atoms with Crippen molar-refractivity contribution in [3.05, 3.63) is 0 Å². The summed E-state index contributed by atoms with van der Waals surface area (Å²) in [6, 6.07) is 1.36. The van der Waals surface area contributed by atoms with Gasteiger partial charge in [0, 0.05) is 25.2 Å². The number of hydrogen-bond donors (Lipinski definition) is 1. The number of nitrogens with two attached hydrogens (primary N) is 1. The van der Waals surface area contributed by atoms with E-state index < -0.39 is 0 Å². The molecule has 0 aromatic carbocycles. The van der Waals surface area contributed by atoms with E-state index in [1.165, 1.54) is 45.2 Å². The van der Waals surface area contributed by atoms with Gasteiger partial charge in [0.05, 0.1) is 0 Å². The molecule has 2 rings (SSSR count). The number of piperidine rings is 1. The Bertz CT molecular complexity index is 215. The zero-order valence-electron chi connectivity index (χ0n) is 10.9. The van der Waals surface area contributed by atoms with Crippen LogP contribution >= 0.6 is 0 Å². The van der Waals surface area contributed by atoms with Gasteiger partial charge < -0.3 is 10.6 Å². The van der Waals surface area contributed by atoms with Gasteiger partial charge >= 0.3 is 0 Å². The van der Waals surface area contributed by atoms with E-state index in [0.717, 1.165) is 18.5 Å². The first kappa shape index (κ1) is 12.3. The van der Waals surface area contributed by atoms with E-state index in [9.17, 15) is 0 Å². The summed E-state index contributed by atoms with van der Waals surface area (Å²) in [6.45, 7) is 3.32. The van der Waals surface area contributed by atoms with Crippen LogP contribution in [0.1, 0.15) is 32.1 Å². The summed E-state index contributed by atoms with van der Waals surface area (Å²) in [5, 5.41) is 0. The molecule has 0 spiro atoms. The van der Waals surface area contributed by atoms with Crippen molar-refractivity contribution in [2.45, 2.75) is 44.2 Å². The highest BCUT2D eigenvalue weighted by Gasteiger charge is 2.33. The summed E-state index contributed by atoms with van der Waals surface area (Å²) in [6.07, 6.45) is 6.90. The Kier molecular flexibility index (Phi) is 4.22. The Morgan fingerprint density at radius 2 is 2.06 bits per heavy atom. The second kappa shape index (κ2) is 5.48. The molecule has 2 aliphatic rings. The molecule has 3 heteroatoms. The molecule has 2 fully saturated rings. The monoisotopic (exact) mass is 225 g/mol. The molecule has 3 nitrogen and oxygen atoms in total. The summed E-state index contributed by atoms with van der Waals surface area (Å²) in [7, 11) is 4.53. The molecule has 94 valence electrons. The van der Waals surface area contributed by atoms with Crippen LogP contribution in [-0.2, 0) is 0 Å². The Balaban J connectivity index is 1.90. The zero-order valence-corrected chi connectivity index (χ0v) is 10.9. The van der Waals surface area contributed by atoms with Crippen LogP contribution in [0.2, 0.25) is 0 Å². The number of hydrogen-bond acceptors (Lipinski definition) is 3. The Labute approximate surface area is 100.0 Å². The molecule has 0 radical (unpaired) electrons. The average Bonchev–Trinajstić information content (AvgIpc) is 2.22. The highest BCUT2D eigenvalue weighted by molar-refractivity contribution is 4.89. The molecule has 2 N–H and O–H groups in total. The maximum atomic E-state index is 5.97. The van der Waals surface area contributed by atoms with Crippen LogP contribution in [0.25, 0.3) is 0 Å². The quantitative estimate of drug-likeness (QED) is 0.779. The number of likely N-dealkylation sites (tertiary alicyclic amines) is 1. The summed E-state index contributed by atoms with van der Waals surface area (Å²) in [5.74, 6) is 0.877. The molecule has 2 atom stereocenters. The molecule has 2 unspecified atom stereocenters. The predicted molar refractivity (Wildman–Crippen MR) is 68.5 cm³/mol. The van der Waals surface area contributed by atoms with Crippen LogP contribution < -0.4 is 5.73 Å². The van der Waals surface area contributed by atoms with E-state index in [1.54, 1.807) is 0 Å². The molecule has 1 aliphatic heterocycles. The number of likely N-dealkylation sites (N-methyl/N-ethyl adjacent to an activating group) is 2. The van der Waals surface area contributed by atoms with Crippen LogP contribution in [0.15, 0.2) is 0 Å². The molecule has 0 aromatic rings. The van der Waals surface area contributed by atoms with Crippen LogP contribution in [0.4, 0.5) is 0 Å². The van der Waals surface area contributed by atoms with Gasteiger partial charge in [0.25, 0.3) is 0 Å². The predicted octanol–water partition coefficient (Wildman–Crippen LogP) is 1.14. The number of nitrogens with zero attached hydrogens (tertiary/aromatic N) is 2. The molecule has 0 bridgehead atoms. The fourth-order valence-corrected chi connectivity index (χ4v) is 3.26. The fraction of sp³-hybridized carbons (Fsp3) is 1.00. The lowest BCUT2D eigenvalue weighted by atomic mass is 9.78. The fourth-order valence-electron chi connectivity index (χ4n) is 3.26. The first-order chi connectivity index (χ1) is 7.72. The van der Waals surface area contributed by atoms with Crippen molar-refractivity contribution in [2.75, 3.05) is 33.7 Å². The van der Waals surface area contributed by atoms with Crippen molar-refractivity contribution in [1.29, 1.82) is 0 Å². The van der Waals surface area contributed by atoms with Crippen LogP contribution in [-0.4, -0.2) is 55.6 Å². The van der Waals surface area contributed by atoms with Crippen LogP contribution in [0, 0.1) is 5.92 Å². The summed E-state index contributed by atoms with van der Waals surface area (Å²) < 4.78 is 0. The second-order valence-corrected chi connectivity index (χ2v) is 5.72. The van der Waals surface area contributed by atoms with Gasteiger partial charge in [0.2, 0.25) is 0 Å². The van der Waals surface area contributed by atoms with E-state index in [4.69, 9.17) is 5.73 Å². The third-order valence-corrected chi connectivity index (χ3v) is 4.63. The number of rotatable bonds is 4. The maximum Gasteiger partial charge on any atom is 0.0247 e. The minimum atomic E-state index is 0.630. The van der Waals surface area contributed by atoms with Crippen molar-refractivity contribution in [3.8, 4) is 0 Å². The molecule has 1 saturated carbocycles. The lowest BCUT2D eigenvalue weighted by Crippen LogP contribution is -2.54. The smallest absolute Gasteiger partial charge is 0.0247 e. The first-order valence-corrected chi connectivity index (χ1v) is 6.83. The van der Waals surface area contributed by atoms with Crippen molar-refractivity contribution < 1.29 is 0 Å². The molecule has 0 aromatic heterocycles. The normalized spacial score (nSPS) is 30.4. The Morgan fingerprint density at radius 1 is 1.31 bits per heavy atom. The van der Waals surface area contributed by atoms with Gasteiger partial charge in [-0.2, -0.15) is 0 Å². The first-order valence-electron chi connectivity index (χ1n) is 6.83. The lowest BCUT2D eigenvalue weighted by molar-refractivity contribution is 0.0520. The van der Waals surface area contributed by atoms with Crippen LogP contribution in [0.3, 0.4) is 0 Å². The molecular formula is C13H27N3. The standard InChI is InChI=1S/C13H27N3/c1-15-8-4-7-12(10-15)16(2)13(9-14)11-5-3-6-11/h11-13H,3-10,14H2,1-2H3. The minimum Gasteiger partial charge on any atom is -0.329 e. The average molecular weight is 225 g/mol. The van der Waals surface area contributed by atoms with Crippen LogP contribution in [0.5, 0.6) is 0 Å². The Morgan fingerprint density at radius 3 is 2.56 bits per heavy atom. The van der Waals surface area contributed by atoms with E-state index in [0.29, 0.717) is 6.04 Å². The van der Waals surface area contributed by atoms with Gasteiger partial charge in [-0.25, -0.2) is 0 Å². The molecular weight excluding hydrogens is 198 g/mol. The molecule has 1 aliphatic carbocycles. The summed E-state index contributed by atoms with van der Waals surface area (Å²) in [4.78, 5) is 5.04. The third-order valence-electron chi connectivity index (χ3n) is 4.63. The molecule has 1 heterocycles. The van der Waals surface area contributed by atoms with Gasteiger partial charge in [-0.3, -0.25) is 4.90 Å². The van der Waals surface area contributed by atoms with Gasteiger partial charge in [-0.1, -0.05) is 6.42 Å². The van der Waals surface area contributed by atoms with Gasteiger partial charge in [-0.05, 0) is 52.2 Å². The van der Waals surface area contributed by atoms with E-state index in [2.05, 4.69) is 23.9 Å². The van der Waals surface area contributed by atoms with Crippen molar-refractivity contribution in [1.82, 2.24) is 9.80 Å². The van der Waals surface area contributed by atoms with E-state index in [1.807, 2.05) is 0 Å². The molecule has 1 saturated heterocycles. The third kappa shape index (κ3) is 2.58. The Hall–Kier alpha value is -0.120.